The Morgan fingerprint density at radius 2 is 2.10 bits per heavy atom. The molecule has 20 heavy (non-hydrogen) atoms. The normalized spacial score (nSPS) is 11.2. The first-order valence-corrected chi connectivity index (χ1v) is 6.43. The molecule has 0 atom stereocenters. The first kappa shape index (κ1) is 14.6. The molecule has 1 aromatic carbocycles. The lowest BCUT2D eigenvalue weighted by Gasteiger charge is -2.13. The monoisotopic (exact) mass is 277 g/mol. The van der Waals surface area contributed by atoms with Crippen LogP contribution in [0.4, 0.5) is 0 Å². The summed E-state index contributed by atoms with van der Waals surface area (Å²) >= 11 is 0. The predicted octanol–water partition coefficient (Wildman–Crippen LogP) is 2.02. The van der Waals surface area contributed by atoms with Crippen LogP contribution >= 0.6 is 0 Å². The Kier molecular flexibility index (Phi) is 4.76. The third-order valence-corrected chi connectivity index (χ3v) is 3.15. The van der Waals surface area contributed by atoms with E-state index in [1.807, 2.05) is 25.1 Å². The number of hydrogen-bond donors (Lipinski definition) is 1. The molecule has 0 aliphatic carbocycles. The lowest BCUT2D eigenvalue weighted by molar-refractivity contribution is -0.126. The summed E-state index contributed by atoms with van der Waals surface area (Å²) in [5.74, 6) is -0.0895. The van der Waals surface area contributed by atoms with Crippen LogP contribution in [0.15, 0.2) is 28.9 Å². The second kappa shape index (κ2) is 6.54. The van der Waals surface area contributed by atoms with Crippen molar-refractivity contribution in [3.8, 4) is 0 Å². The zero-order chi connectivity index (χ0) is 14.5. The Labute approximate surface area is 117 Å². The number of carbonyl (C=O) groups is 1. The molecule has 108 valence electrons. The van der Waals surface area contributed by atoms with E-state index in [2.05, 4.69) is 5.32 Å². The second-order valence-electron chi connectivity index (χ2n) is 4.64. The number of amides is 1. The fraction of sp³-hybridized carbons (Fsp3) is 0.400. The van der Waals surface area contributed by atoms with E-state index in [4.69, 9.17) is 13.9 Å². The second-order valence-corrected chi connectivity index (χ2v) is 4.64. The zero-order valence-electron chi connectivity index (χ0n) is 11.9. The first-order valence-electron chi connectivity index (χ1n) is 6.43. The van der Waals surface area contributed by atoms with E-state index in [0.29, 0.717) is 6.54 Å². The summed E-state index contributed by atoms with van der Waals surface area (Å²) < 4.78 is 15.5. The SMILES string of the molecule is COC(CNC(=O)Cc1coc2ccc(C)cc12)OC. The van der Waals surface area contributed by atoms with Gasteiger partial charge in [-0.1, -0.05) is 11.6 Å². The Morgan fingerprint density at radius 1 is 1.35 bits per heavy atom. The summed E-state index contributed by atoms with van der Waals surface area (Å²) in [7, 11) is 3.07. The smallest absolute Gasteiger partial charge is 0.224 e. The third-order valence-electron chi connectivity index (χ3n) is 3.15. The van der Waals surface area contributed by atoms with Crippen LogP contribution in [0, 0.1) is 6.92 Å². The van der Waals surface area contributed by atoms with Crippen molar-refractivity contribution in [2.45, 2.75) is 19.6 Å². The van der Waals surface area contributed by atoms with Gasteiger partial charge in [-0.05, 0) is 19.1 Å². The van der Waals surface area contributed by atoms with E-state index in [-0.39, 0.29) is 12.3 Å². The standard InChI is InChI=1S/C15H19NO4/c1-10-4-5-13-12(6-10)11(9-20-13)7-14(17)16-8-15(18-2)19-3/h4-6,9,15H,7-8H2,1-3H3,(H,16,17). The van der Waals surface area contributed by atoms with Crippen molar-refractivity contribution >= 4 is 16.9 Å². The highest BCUT2D eigenvalue weighted by molar-refractivity contribution is 5.87. The minimum absolute atomic E-state index is 0.0895. The van der Waals surface area contributed by atoms with E-state index < -0.39 is 6.29 Å². The van der Waals surface area contributed by atoms with Gasteiger partial charge in [0.05, 0.1) is 19.2 Å². The lowest BCUT2D eigenvalue weighted by Crippen LogP contribution is -2.34. The summed E-state index contributed by atoms with van der Waals surface area (Å²) in [6.07, 6.45) is 1.48. The van der Waals surface area contributed by atoms with E-state index in [9.17, 15) is 4.79 Å². The van der Waals surface area contributed by atoms with Crippen LogP contribution in [-0.4, -0.2) is 33.0 Å². The van der Waals surface area contributed by atoms with E-state index in [1.165, 1.54) is 14.2 Å². The van der Waals surface area contributed by atoms with Gasteiger partial charge in [0.25, 0.3) is 0 Å². The van der Waals surface area contributed by atoms with E-state index in [0.717, 1.165) is 22.1 Å². The highest BCUT2D eigenvalue weighted by atomic mass is 16.7. The van der Waals surface area contributed by atoms with Crippen LogP contribution in [-0.2, 0) is 20.7 Å². The molecule has 1 aromatic heterocycles. The van der Waals surface area contributed by atoms with Gasteiger partial charge in [0.2, 0.25) is 5.91 Å². The number of rotatable bonds is 6. The van der Waals surface area contributed by atoms with E-state index >= 15 is 0 Å². The maximum Gasteiger partial charge on any atom is 0.224 e. The Bertz CT molecular complexity index is 587. The van der Waals surface area contributed by atoms with Gasteiger partial charge in [-0.2, -0.15) is 0 Å². The molecule has 0 saturated carbocycles. The van der Waals surface area contributed by atoms with Crippen molar-refractivity contribution in [2.75, 3.05) is 20.8 Å². The number of ether oxygens (including phenoxy) is 2. The fourth-order valence-corrected chi connectivity index (χ4v) is 2.03. The van der Waals surface area contributed by atoms with Crippen LogP contribution in [0.25, 0.3) is 11.0 Å². The summed E-state index contributed by atoms with van der Waals surface area (Å²) in [4.78, 5) is 11.9. The number of methoxy groups -OCH3 is 2. The van der Waals surface area contributed by atoms with Crippen molar-refractivity contribution in [1.29, 1.82) is 0 Å². The minimum Gasteiger partial charge on any atom is -0.464 e. The van der Waals surface area contributed by atoms with Crippen LogP contribution in [0.2, 0.25) is 0 Å². The summed E-state index contributed by atoms with van der Waals surface area (Å²) in [6.45, 7) is 2.33. The van der Waals surface area contributed by atoms with Crippen LogP contribution in [0.5, 0.6) is 0 Å². The molecule has 0 bridgehead atoms. The number of nitrogens with one attached hydrogen (secondary N) is 1. The molecular weight excluding hydrogens is 258 g/mol. The van der Waals surface area contributed by atoms with E-state index in [1.54, 1.807) is 6.26 Å². The molecule has 0 spiro atoms. The van der Waals surface area contributed by atoms with Crippen LogP contribution < -0.4 is 5.32 Å². The first-order chi connectivity index (χ1) is 9.63. The molecule has 1 N–H and O–H groups in total. The lowest BCUT2D eigenvalue weighted by atomic mass is 10.1. The third kappa shape index (κ3) is 3.37. The molecule has 1 heterocycles. The summed E-state index contributed by atoms with van der Waals surface area (Å²) in [6, 6.07) is 5.92. The fourth-order valence-electron chi connectivity index (χ4n) is 2.03. The van der Waals surface area contributed by atoms with Crippen molar-refractivity contribution in [3.05, 3.63) is 35.6 Å². The van der Waals surface area contributed by atoms with Crippen molar-refractivity contribution in [2.24, 2.45) is 0 Å². The topological polar surface area (TPSA) is 60.7 Å². The van der Waals surface area contributed by atoms with Gasteiger partial charge in [0.15, 0.2) is 6.29 Å². The van der Waals surface area contributed by atoms with Crippen molar-refractivity contribution < 1.29 is 18.7 Å². The van der Waals surface area contributed by atoms with Gasteiger partial charge in [-0.15, -0.1) is 0 Å². The Hall–Kier alpha value is -1.85. The molecule has 1 amide bonds. The Morgan fingerprint density at radius 3 is 2.80 bits per heavy atom. The number of hydrogen-bond acceptors (Lipinski definition) is 4. The summed E-state index contributed by atoms with van der Waals surface area (Å²) in [5, 5.41) is 3.75. The van der Waals surface area contributed by atoms with Gasteiger partial charge in [0.1, 0.15) is 5.58 Å². The number of benzene rings is 1. The molecular formula is C15H19NO4. The highest BCUT2D eigenvalue weighted by Crippen LogP contribution is 2.22. The zero-order valence-corrected chi connectivity index (χ0v) is 11.9. The average molecular weight is 277 g/mol. The molecule has 5 heteroatoms. The molecule has 0 radical (unpaired) electrons. The number of furan rings is 1. The molecule has 0 unspecified atom stereocenters. The number of fused-ring (bicyclic) bond motifs is 1. The largest absolute Gasteiger partial charge is 0.464 e. The van der Waals surface area contributed by atoms with Gasteiger partial charge in [-0.25, -0.2) is 0 Å². The van der Waals surface area contributed by atoms with Gasteiger partial charge < -0.3 is 19.2 Å². The van der Waals surface area contributed by atoms with Crippen LogP contribution in [0.3, 0.4) is 0 Å². The molecule has 0 aliphatic heterocycles. The molecule has 2 aromatic rings. The Balaban J connectivity index is 2.01. The number of aryl methyl sites for hydroxylation is 1. The maximum absolute atomic E-state index is 11.9. The minimum atomic E-state index is -0.428. The molecule has 0 fully saturated rings. The molecule has 0 saturated heterocycles. The van der Waals surface area contributed by atoms with Crippen LogP contribution in [0.1, 0.15) is 11.1 Å². The number of carbonyl (C=O) groups excluding carboxylic acids is 1. The summed E-state index contributed by atoms with van der Waals surface area (Å²) in [5.41, 5.74) is 2.82. The van der Waals surface area contributed by atoms with Crippen molar-refractivity contribution in [1.82, 2.24) is 5.32 Å². The van der Waals surface area contributed by atoms with Gasteiger partial charge in [-0.3, -0.25) is 4.79 Å². The van der Waals surface area contributed by atoms with Gasteiger partial charge >= 0.3 is 0 Å². The molecule has 0 aliphatic rings. The quantitative estimate of drug-likeness (QED) is 0.821. The highest BCUT2D eigenvalue weighted by Gasteiger charge is 2.12. The molecule has 5 nitrogen and oxygen atoms in total. The molecule has 2 rings (SSSR count). The van der Waals surface area contributed by atoms with Gasteiger partial charge in [0, 0.05) is 25.2 Å². The maximum atomic E-state index is 11.9. The predicted molar refractivity (Wildman–Crippen MR) is 75.5 cm³/mol. The average Bonchev–Trinajstić information content (AvgIpc) is 2.82. The van der Waals surface area contributed by atoms with Crippen molar-refractivity contribution in [3.63, 3.8) is 0 Å².